The topological polar surface area (TPSA) is 55.1 Å². The third-order valence-electron chi connectivity index (χ3n) is 4.69. The van der Waals surface area contributed by atoms with Crippen LogP contribution in [0.3, 0.4) is 0 Å². The number of carbonyl (C=O) groups excluding carboxylic acids is 1. The van der Waals surface area contributed by atoms with Crippen LogP contribution >= 0.6 is 0 Å². The van der Waals surface area contributed by atoms with Gasteiger partial charge in [0, 0.05) is 23.9 Å². The molecule has 3 nitrogen and oxygen atoms in total. The molecular weight excluding hydrogens is 236 g/mol. The van der Waals surface area contributed by atoms with Crippen molar-refractivity contribution in [3.63, 3.8) is 0 Å². The number of hydrogen-bond donors (Lipinski definition) is 2. The summed E-state index contributed by atoms with van der Waals surface area (Å²) in [7, 11) is 0. The first-order chi connectivity index (χ1) is 8.98. The van der Waals surface area contributed by atoms with Gasteiger partial charge in [-0.3, -0.25) is 4.79 Å². The molecule has 3 heteroatoms. The lowest BCUT2D eigenvalue weighted by atomic mass is 9.63. The average molecular weight is 268 g/mol. The highest BCUT2D eigenvalue weighted by Crippen LogP contribution is 2.38. The third-order valence-corrected chi connectivity index (χ3v) is 4.69. The van der Waals surface area contributed by atoms with E-state index in [1.54, 1.807) is 0 Å². The Kier molecular flexibility index (Phi) is 6.84. The Morgan fingerprint density at radius 2 is 1.74 bits per heavy atom. The third kappa shape index (κ3) is 5.13. The van der Waals surface area contributed by atoms with Gasteiger partial charge in [-0.25, -0.2) is 0 Å². The molecule has 1 rings (SSSR count). The summed E-state index contributed by atoms with van der Waals surface area (Å²) in [6, 6.07) is 0.510. The maximum atomic E-state index is 11.8. The summed E-state index contributed by atoms with van der Waals surface area (Å²) >= 11 is 0. The van der Waals surface area contributed by atoms with Crippen molar-refractivity contribution in [1.82, 2.24) is 5.32 Å². The van der Waals surface area contributed by atoms with Crippen LogP contribution in [0, 0.1) is 5.41 Å². The second kappa shape index (κ2) is 7.88. The van der Waals surface area contributed by atoms with Gasteiger partial charge in [0.15, 0.2) is 0 Å². The van der Waals surface area contributed by atoms with Gasteiger partial charge >= 0.3 is 0 Å². The van der Waals surface area contributed by atoms with E-state index in [1.165, 1.54) is 38.5 Å². The molecule has 1 aliphatic rings. The Bertz CT molecular complexity index is 276. The summed E-state index contributed by atoms with van der Waals surface area (Å²) in [5.74, 6) is 0.207. The number of rotatable bonds is 9. The summed E-state index contributed by atoms with van der Waals surface area (Å²) in [4.78, 5) is 11.8. The maximum absolute atomic E-state index is 11.8. The standard InChI is InChI=1S/C16H32N2O/c1-4-5-6-7-8-9-10-11-15(19)18-14-12-13(17)16(14,2)3/h13-14H,4-12,17H2,1-3H3,(H,18,19). The summed E-state index contributed by atoms with van der Waals surface area (Å²) < 4.78 is 0. The lowest BCUT2D eigenvalue weighted by Crippen LogP contribution is -2.64. The second-order valence-corrected chi connectivity index (χ2v) is 6.65. The predicted molar refractivity (Wildman–Crippen MR) is 80.9 cm³/mol. The van der Waals surface area contributed by atoms with Crippen LogP contribution in [0.25, 0.3) is 0 Å². The van der Waals surface area contributed by atoms with E-state index in [4.69, 9.17) is 5.73 Å². The van der Waals surface area contributed by atoms with Crippen LogP contribution in [0.4, 0.5) is 0 Å². The van der Waals surface area contributed by atoms with Gasteiger partial charge in [-0.2, -0.15) is 0 Å². The predicted octanol–water partition coefficient (Wildman–Crippen LogP) is 3.37. The van der Waals surface area contributed by atoms with E-state index in [0.29, 0.717) is 6.42 Å². The molecule has 0 aromatic heterocycles. The molecule has 0 aromatic rings. The van der Waals surface area contributed by atoms with Crippen LogP contribution in [0.15, 0.2) is 0 Å². The minimum Gasteiger partial charge on any atom is -0.353 e. The first-order valence-corrected chi connectivity index (χ1v) is 8.03. The van der Waals surface area contributed by atoms with Crippen molar-refractivity contribution in [2.24, 2.45) is 11.1 Å². The average Bonchev–Trinajstić information content (AvgIpc) is 2.37. The van der Waals surface area contributed by atoms with Gasteiger partial charge in [0.05, 0.1) is 0 Å². The number of hydrogen-bond acceptors (Lipinski definition) is 2. The lowest BCUT2D eigenvalue weighted by molar-refractivity contribution is -0.124. The fourth-order valence-corrected chi connectivity index (χ4v) is 2.71. The second-order valence-electron chi connectivity index (χ2n) is 6.65. The van der Waals surface area contributed by atoms with Crippen LogP contribution in [0.1, 0.15) is 78.6 Å². The first kappa shape index (κ1) is 16.5. The maximum Gasteiger partial charge on any atom is 0.220 e. The van der Waals surface area contributed by atoms with E-state index in [0.717, 1.165) is 12.8 Å². The van der Waals surface area contributed by atoms with Gasteiger partial charge in [0.1, 0.15) is 0 Å². The highest BCUT2D eigenvalue weighted by molar-refractivity contribution is 5.76. The van der Waals surface area contributed by atoms with Crippen LogP contribution in [-0.2, 0) is 4.79 Å². The van der Waals surface area contributed by atoms with E-state index in [-0.39, 0.29) is 23.4 Å². The van der Waals surface area contributed by atoms with Crippen molar-refractivity contribution >= 4 is 5.91 Å². The molecule has 0 bridgehead atoms. The Morgan fingerprint density at radius 3 is 2.26 bits per heavy atom. The molecule has 0 aromatic carbocycles. The van der Waals surface area contributed by atoms with E-state index in [1.807, 2.05) is 0 Å². The fraction of sp³-hybridized carbons (Fsp3) is 0.938. The number of nitrogens with one attached hydrogen (secondary N) is 1. The normalized spacial score (nSPS) is 24.8. The Hall–Kier alpha value is -0.570. The minimum atomic E-state index is 0.0653. The van der Waals surface area contributed by atoms with E-state index < -0.39 is 0 Å². The summed E-state index contributed by atoms with van der Waals surface area (Å²) in [6.45, 7) is 6.51. The van der Waals surface area contributed by atoms with Crippen molar-refractivity contribution in [1.29, 1.82) is 0 Å². The molecule has 1 aliphatic carbocycles. The molecule has 0 radical (unpaired) electrons. The lowest BCUT2D eigenvalue weighted by Gasteiger charge is -2.50. The van der Waals surface area contributed by atoms with Gasteiger partial charge < -0.3 is 11.1 Å². The first-order valence-electron chi connectivity index (χ1n) is 8.03. The van der Waals surface area contributed by atoms with Crippen molar-refractivity contribution < 1.29 is 4.79 Å². The summed E-state index contributed by atoms with van der Waals surface area (Å²) in [5, 5.41) is 3.13. The molecule has 19 heavy (non-hydrogen) atoms. The van der Waals surface area contributed by atoms with Crippen molar-refractivity contribution in [3.05, 3.63) is 0 Å². The SMILES string of the molecule is CCCCCCCCCC(=O)NC1CC(N)C1(C)C. The molecular formula is C16H32N2O. The molecule has 1 amide bonds. The zero-order valence-corrected chi connectivity index (χ0v) is 13.0. The number of carbonyl (C=O) groups is 1. The number of amides is 1. The molecule has 1 fully saturated rings. The van der Waals surface area contributed by atoms with Crippen LogP contribution < -0.4 is 11.1 Å². The van der Waals surface area contributed by atoms with Crippen LogP contribution in [0.2, 0.25) is 0 Å². The molecule has 0 aliphatic heterocycles. The Morgan fingerprint density at radius 1 is 1.16 bits per heavy atom. The van der Waals surface area contributed by atoms with Gasteiger partial charge in [-0.1, -0.05) is 59.3 Å². The van der Waals surface area contributed by atoms with Crippen molar-refractivity contribution in [2.75, 3.05) is 0 Å². The van der Waals surface area contributed by atoms with Gasteiger partial charge in [0.25, 0.3) is 0 Å². The van der Waals surface area contributed by atoms with E-state index in [9.17, 15) is 4.79 Å². The van der Waals surface area contributed by atoms with E-state index in [2.05, 4.69) is 26.1 Å². The van der Waals surface area contributed by atoms with E-state index >= 15 is 0 Å². The molecule has 2 atom stereocenters. The minimum absolute atomic E-state index is 0.0653. The smallest absolute Gasteiger partial charge is 0.220 e. The molecule has 0 saturated heterocycles. The number of nitrogens with two attached hydrogens (primary N) is 1. The number of unbranched alkanes of at least 4 members (excludes halogenated alkanes) is 6. The van der Waals surface area contributed by atoms with Gasteiger partial charge in [-0.15, -0.1) is 0 Å². The van der Waals surface area contributed by atoms with Crippen molar-refractivity contribution in [2.45, 2.75) is 90.6 Å². The zero-order chi connectivity index (χ0) is 14.3. The Balaban J connectivity index is 2.00. The Labute approximate surface area is 118 Å². The van der Waals surface area contributed by atoms with Crippen LogP contribution in [0.5, 0.6) is 0 Å². The highest BCUT2D eigenvalue weighted by atomic mass is 16.1. The largest absolute Gasteiger partial charge is 0.353 e. The quantitative estimate of drug-likeness (QED) is 0.630. The highest BCUT2D eigenvalue weighted by Gasteiger charge is 2.46. The van der Waals surface area contributed by atoms with Crippen LogP contribution in [-0.4, -0.2) is 18.0 Å². The monoisotopic (exact) mass is 268 g/mol. The molecule has 2 unspecified atom stereocenters. The molecule has 0 spiro atoms. The van der Waals surface area contributed by atoms with Gasteiger partial charge in [0.2, 0.25) is 5.91 Å². The molecule has 3 N–H and O–H groups in total. The summed E-state index contributed by atoms with van der Waals surface area (Å²) in [6.07, 6.45) is 10.4. The molecule has 0 heterocycles. The summed E-state index contributed by atoms with van der Waals surface area (Å²) in [5.41, 5.74) is 6.02. The molecule has 112 valence electrons. The molecule has 1 saturated carbocycles. The van der Waals surface area contributed by atoms with Gasteiger partial charge in [-0.05, 0) is 12.8 Å². The zero-order valence-electron chi connectivity index (χ0n) is 13.0. The van der Waals surface area contributed by atoms with Crippen molar-refractivity contribution in [3.8, 4) is 0 Å². The fourth-order valence-electron chi connectivity index (χ4n) is 2.71.